The summed E-state index contributed by atoms with van der Waals surface area (Å²) < 4.78 is 5.23. The number of anilines is 3. The average molecular weight is 566 g/mol. The van der Waals surface area contributed by atoms with E-state index in [0.29, 0.717) is 22.0 Å². The van der Waals surface area contributed by atoms with Crippen molar-refractivity contribution in [3.8, 4) is 0 Å². The van der Waals surface area contributed by atoms with Crippen LogP contribution in [0.5, 0.6) is 0 Å². The number of unbranched alkanes of at least 4 members (excludes halogenated alkanes) is 1. The molecule has 10 heteroatoms. The lowest BCUT2D eigenvalue weighted by Gasteiger charge is -2.16. The Labute approximate surface area is 235 Å². The van der Waals surface area contributed by atoms with Crippen LogP contribution in [0.15, 0.2) is 77.5 Å². The molecule has 0 aliphatic carbocycles. The number of hydrogen-bond acceptors (Lipinski definition) is 6. The predicted octanol–water partition coefficient (Wildman–Crippen LogP) is 6.29. The lowest BCUT2D eigenvalue weighted by molar-refractivity contribution is -0.120. The zero-order valence-electron chi connectivity index (χ0n) is 21.2. The van der Waals surface area contributed by atoms with Crippen LogP contribution in [0.4, 0.5) is 17.1 Å². The lowest BCUT2D eigenvalue weighted by atomic mass is 10.1. The van der Waals surface area contributed by atoms with Gasteiger partial charge in [-0.2, -0.15) is 0 Å². The average Bonchev–Trinajstić information content (AvgIpc) is 3.13. The van der Waals surface area contributed by atoms with Crippen molar-refractivity contribution in [1.82, 2.24) is 0 Å². The molecular weight excluding hydrogens is 541 g/mol. The van der Waals surface area contributed by atoms with Crippen molar-refractivity contribution in [2.75, 3.05) is 22.1 Å². The van der Waals surface area contributed by atoms with Gasteiger partial charge in [0, 0.05) is 22.0 Å². The van der Waals surface area contributed by atoms with E-state index in [4.69, 9.17) is 27.9 Å². The van der Waals surface area contributed by atoms with E-state index >= 15 is 0 Å². The van der Waals surface area contributed by atoms with Gasteiger partial charge in [-0.05, 0) is 67.4 Å². The van der Waals surface area contributed by atoms with E-state index in [1.165, 1.54) is 18.2 Å². The lowest BCUT2D eigenvalue weighted by Crippen LogP contribution is -2.32. The molecule has 0 fully saturated rings. The Morgan fingerprint density at radius 2 is 1.67 bits per heavy atom. The third kappa shape index (κ3) is 6.30. The Morgan fingerprint density at radius 3 is 2.44 bits per heavy atom. The van der Waals surface area contributed by atoms with E-state index in [1.54, 1.807) is 48.5 Å². The van der Waals surface area contributed by atoms with Gasteiger partial charge in [-0.1, -0.05) is 54.7 Å². The number of carbonyl (C=O) groups excluding carboxylic acids is 4. The van der Waals surface area contributed by atoms with Gasteiger partial charge in [0.1, 0.15) is 10.7 Å². The number of amides is 3. The molecule has 0 saturated carbocycles. The van der Waals surface area contributed by atoms with Gasteiger partial charge in [-0.25, -0.2) is 9.69 Å². The minimum atomic E-state index is -0.744. The van der Waals surface area contributed by atoms with Crippen molar-refractivity contribution in [3.05, 3.63) is 99.2 Å². The number of imide groups is 1. The molecule has 0 aromatic heterocycles. The van der Waals surface area contributed by atoms with Crippen molar-refractivity contribution in [3.63, 3.8) is 0 Å². The van der Waals surface area contributed by atoms with Gasteiger partial charge < -0.3 is 15.4 Å². The molecule has 2 N–H and O–H groups in total. The summed E-state index contributed by atoms with van der Waals surface area (Å²) in [5, 5.41) is 5.85. The van der Waals surface area contributed by atoms with Crippen molar-refractivity contribution in [2.24, 2.45) is 0 Å². The van der Waals surface area contributed by atoms with Gasteiger partial charge in [-0.3, -0.25) is 14.4 Å². The van der Waals surface area contributed by atoms with Crippen LogP contribution in [0.3, 0.4) is 0 Å². The largest absolute Gasteiger partial charge is 0.462 e. The number of rotatable bonds is 9. The maximum Gasteiger partial charge on any atom is 0.338 e. The van der Waals surface area contributed by atoms with Crippen LogP contribution in [0, 0.1) is 6.92 Å². The number of benzene rings is 3. The molecule has 8 nitrogen and oxygen atoms in total. The first-order valence-electron chi connectivity index (χ1n) is 12.2. The smallest absolute Gasteiger partial charge is 0.338 e. The summed E-state index contributed by atoms with van der Waals surface area (Å²) in [6.45, 7) is 4.10. The summed E-state index contributed by atoms with van der Waals surface area (Å²) in [7, 11) is 0. The highest BCUT2D eigenvalue weighted by molar-refractivity contribution is 6.53. The van der Waals surface area contributed by atoms with E-state index in [0.717, 1.165) is 23.3 Å². The number of esters is 1. The third-order valence-electron chi connectivity index (χ3n) is 5.94. The Balaban J connectivity index is 1.51. The number of nitrogens with zero attached hydrogens (tertiary/aromatic N) is 1. The van der Waals surface area contributed by atoms with Gasteiger partial charge in [0.05, 0.1) is 17.9 Å². The van der Waals surface area contributed by atoms with Crippen LogP contribution in [0.25, 0.3) is 0 Å². The van der Waals surface area contributed by atoms with Crippen LogP contribution in [0.2, 0.25) is 5.02 Å². The van der Waals surface area contributed by atoms with Crippen LogP contribution < -0.4 is 15.5 Å². The number of nitrogens with one attached hydrogen (secondary N) is 2. The van der Waals surface area contributed by atoms with Crippen molar-refractivity contribution in [2.45, 2.75) is 26.7 Å². The molecule has 200 valence electrons. The molecule has 3 aromatic carbocycles. The summed E-state index contributed by atoms with van der Waals surface area (Å²) >= 11 is 12.3. The molecule has 0 unspecified atom stereocenters. The molecule has 0 atom stereocenters. The second kappa shape index (κ2) is 12.1. The molecule has 0 spiro atoms. The summed E-state index contributed by atoms with van der Waals surface area (Å²) in [5.74, 6) is -2.39. The minimum absolute atomic E-state index is 0.152. The van der Waals surface area contributed by atoms with Gasteiger partial charge in [0.15, 0.2) is 0 Å². The van der Waals surface area contributed by atoms with Crippen LogP contribution >= 0.6 is 23.2 Å². The monoisotopic (exact) mass is 565 g/mol. The summed E-state index contributed by atoms with van der Waals surface area (Å²) in [5.41, 5.74) is 2.31. The highest BCUT2D eigenvalue weighted by atomic mass is 35.5. The molecule has 39 heavy (non-hydrogen) atoms. The highest BCUT2D eigenvalue weighted by Gasteiger charge is 2.39. The molecule has 1 aliphatic rings. The quantitative estimate of drug-likeness (QED) is 0.179. The first-order valence-corrected chi connectivity index (χ1v) is 13.0. The number of halogens is 2. The van der Waals surface area contributed by atoms with Crippen LogP contribution in [-0.2, 0) is 14.3 Å². The fourth-order valence-electron chi connectivity index (χ4n) is 3.82. The fourth-order valence-corrected chi connectivity index (χ4v) is 4.20. The van der Waals surface area contributed by atoms with E-state index < -0.39 is 17.8 Å². The first kappa shape index (κ1) is 27.9. The topological polar surface area (TPSA) is 105 Å². The second-order valence-electron chi connectivity index (χ2n) is 8.79. The Hall–Kier alpha value is -4.14. The number of aryl methyl sites for hydroxylation is 1. The van der Waals surface area contributed by atoms with Gasteiger partial charge >= 0.3 is 5.97 Å². The van der Waals surface area contributed by atoms with Gasteiger partial charge in [0.25, 0.3) is 17.7 Å². The van der Waals surface area contributed by atoms with Crippen LogP contribution in [-0.4, -0.2) is 30.3 Å². The van der Waals surface area contributed by atoms with E-state index in [2.05, 4.69) is 10.6 Å². The molecule has 0 radical (unpaired) electrons. The molecule has 3 amide bonds. The van der Waals surface area contributed by atoms with Gasteiger partial charge in [0.2, 0.25) is 0 Å². The normalized spacial score (nSPS) is 13.1. The maximum absolute atomic E-state index is 13.2. The number of carbonyl (C=O) groups is 4. The van der Waals surface area contributed by atoms with E-state index in [-0.39, 0.29) is 34.5 Å². The minimum Gasteiger partial charge on any atom is -0.462 e. The Morgan fingerprint density at radius 1 is 0.923 bits per heavy atom. The first-order chi connectivity index (χ1) is 18.7. The SMILES string of the molecule is CCCCOC(=O)c1cccc(N2C(=O)C(Cl)=C(Nc3cccc(C(=O)Nc4cc(Cl)ccc4C)c3)C2=O)c1. The molecule has 3 aromatic rings. The molecule has 0 saturated heterocycles. The molecule has 1 heterocycles. The standard InChI is InChI=1S/C29H25Cl2N3O5/c1-3-4-13-39-29(38)19-8-6-10-22(15-19)34-27(36)24(31)25(28(34)37)32-21-9-5-7-18(14-21)26(35)33-23-16-20(30)12-11-17(23)2/h5-12,14-16,32H,3-4,13H2,1-2H3,(H,33,35). The Bertz CT molecular complexity index is 1500. The second-order valence-corrected chi connectivity index (χ2v) is 9.61. The van der Waals surface area contributed by atoms with Gasteiger partial charge in [-0.15, -0.1) is 0 Å². The molecule has 1 aliphatic heterocycles. The van der Waals surface area contributed by atoms with E-state index in [9.17, 15) is 19.2 Å². The maximum atomic E-state index is 13.2. The van der Waals surface area contributed by atoms with Crippen molar-refractivity contribution >= 4 is 64.0 Å². The van der Waals surface area contributed by atoms with E-state index in [1.807, 2.05) is 13.8 Å². The fraction of sp³-hybridized carbons (Fsp3) is 0.172. The number of hydrogen-bond donors (Lipinski definition) is 2. The highest BCUT2D eigenvalue weighted by Crippen LogP contribution is 2.31. The summed E-state index contributed by atoms with van der Waals surface area (Å²) in [6, 6.07) is 17.6. The number of ether oxygens (including phenoxy) is 1. The third-order valence-corrected chi connectivity index (χ3v) is 6.53. The zero-order chi connectivity index (χ0) is 28.1. The molecular formula is C29H25Cl2N3O5. The summed E-state index contributed by atoms with van der Waals surface area (Å²) in [6.07, 6.45) is 1.60. The van der Waals surface area contributed by atoms with Crippen molar-refractivity contribution < 1.29 is 23.9 Å². The molecule has 4 rings (SSSR count). The van der Waals surface area contributed by atoms with Crippen LogP contribution in [0.1, 0.15) is 46.0 Å². The zero-order valence-corrected chi connectivity index (χ0v) is 22.7. The Kier molecular flexibility index (Phi) is 8.69. The van der Waals surface area contributed by atoms with Crippen molar-refractivity contribution in [1.29, 1.82) is 0 Å². The molecule has 0 bridgehead atoms. The summed E-state index contributed by atoms with van der Waals surface area (Å²) in [4.78, 5) is 52.3. The predicted molar refractivity (Wildman–Crippen MR) is 151 cm³/mol.